The van der Waals surface area contributed by atoms with E-state index < -0.39 is 17.6 Å². The molecule has 118 valence electrons. The molecule has 6 nitrogen and oxygen atoms in total. The first kappa shape index (κ1) is 15.6. The van der Waals surface area contributed by atoms with Crippen molar-refractivity contribution in [3.05, 3.63) is 24.3 Å². The Kier molecular flexibility index (Phi) is 4.35. The summed E-state index contributed by atoms with van der Waals surface area (Å²) in [6.07, 6.45) is 1.76. The van der Waals surface area contributed by atoms with Gasteiger partial charge in [-0.1, -0.05) is 12.1 Å². The minimum absolute atomic E-state index is 0.0832. The van der Waals surface area contributed by atoms with E-state index in [-0.39, 0.29) is 24.2 Å². The zero-order valence-electron chi connectivity index (χ0n) is 12.3. The summed E-state index contributed by atoms with van der Waals surface area (Å²) in [5, 5.41) is 11.8. The van der Waals surface area contributed by atoms with Crippen molar-refractivity contribution in [2.75, 3.05) is 17.2 Å². The summed E-state index contributed by atoms with van der Waals surface area (Å²) in [6.45, 7) is -0.257. The second-order valence-electron chi connectivity index (χ2n) is 5.55. The number of carbonyl (C=O) groups excluding carboxylic acids is 3. The second kappa shape index (κ2) is 6.42. The Balaban J connectivity index is 1.74. The van der Waals surface area contributed by atoms with Crippen LogP contribution in [0.15, 0.2) is 29.2 Å². The van der Waals surface area contributed by atoms with Crippen LogP contribution in [-0.2, 0) is 14.4 Å². The average molecular weight is 329 g/mol. The number of amides is 2. The number of carbonyl (C=O) groups is 3. The maximum Gasteiger partial charge on any atom is 0.245 e. The number of Topliss-reactive ketones (excluding diaryl/α,β-unsaturated/α-hetero) is 1. The van der Waals surface area contributed by atoms with E-state index in [0.29, 0.717) is 5.69 Å². The minimum atomic E-state index is -1.37. The van der Waals surface area contributed by atoms with Gasteiger partial charge in [0.15, 0.2) is 11.7 Å². The van der Waals surface area contributed by atoms with Gasteiger partial charge in [0.2, 0.25) is 11.8 Å². The van der Waals surface area contributed by atoms with E-state index in [4.69, 9.17) is 5.26 Å². The first-order valence-electron chi connectivity index (χ1n) is 7.35. The Labute approximate surface area is 137 Å². The summed E-state index contributed by atoms with van der Waals surface area (Å²) >= 11 is 1.42. The molecule has 3 rings (SSSR count). The zero-order valence-corrected chi connectivity index (χ0v) is 13.1. The van der Waals surface area contributed by atoms with Crippen LogP contribution < -0.4 is 10.2 Å². The predicted octanol–water partition coefficient (Wildman–Crippen LogP) is 1.11. The first-order chi connectivity index (χ1) is 11.1. The maximum atomic E-state index is 12.4. The molecule has 1 aliphatic carbocycles. The van der Waals surface area contributed by atoms with Crippen LogP contribution in [0.1, 0.15) is 12.8 Å². The van der Waals surface area contributed by atoms with Gasteiger partial charge in [-0.2, -0.15) is 5.26 Å². The van der Waals surface area contributed by atoms with Crippen molar-refractivity contribution in [2.45, 2.75) is 23.8 Å². The number of para-hydroxylation sites is 1. The van der Waals surface area contributed by atoms with E-state index in [9.17, 15) is 14.4 Å². The van der Waals surface area contributed by atoms with Crippen LogP contribution in [-0.4, -0.2) is 35.9 Å². The topological polar surface area (TPSA) is 90.3 Å². The molecule has 0 spiro atoms. The summed E-state index contributed by atoms with van der Waals surface area (Å²) in [5.41, 5.74) is 0.654. The van der Waals surface area contributed by atoms with Gasteiger partial charge in [-0.25, -0.2) is 0 Å². The Bertz CT molecular complexity index is 709. The Morgan fingerprint density at radius 3 is 2.83 bits per heavy atom. The molecule has 1 atom stereocenters. The van der Waals surface area contributed by atoms with Crippen LogP contribution in [0.25, 0.3) is 0 Å². The summed E-state index contributed by atoms with van der Waals surface area (Å²) in [4.78, 5) is 38.7. The number of ketones is 1. The Morgan fingerprint density at radius 1 is 1.39 bits per heavy atom. The van der Waals surface area contributed by atoms with E-state index in [0.717, 1.165) is 17.7 Å². The molecule has 1 aromatic carbocycles. The van der Waals surface area contributed by atoms with Crippen LogP contribution in [0.2, 0.25) is 0 Å². The van der Waals surface area contributed by atoms with Crippen molar-refractivity contribution in [3.8, 4) is 6.07 Å². The Hall–Kier alpha value is -2.33. The van der Waals surface area contributed by atoms with Gasteiger partial charge in [0.1, 0.15) is 0 Å². The number of nitrogens with one attached hydrogen (secondary N) is 1. The van der Waals surface area contributed by atoms with Gasteiger partial charge in [0.05, 0.1) is 24.1 Å². The standard InChI is InChI=1S/C16H15N3O3S/c17-7-11(16(22)18-10-5-6-10)13(20)8-19-12-3-1-2-4-14(12)23-9-15(19)21/h1-4,10-11H,5-6,8-9H2,(H,18,22)/t11-/m0/s1. The maximum absolute atomic E-state index is 12.4. The molecule has 1 saturated carbocycles. The monoisotopic (exact) mass is 329 g/mol. The van der Waals surface area contributed by atoms with Gasteiger partial charge < -0.3 is 10.2 Å². The molecule has 1 heterocycles. The largest absolute Gasteiger partial charge is 0.352 e. The fourth-order valence-corrected chi connectivity index (χ4v) is 3.30. The highest BCUT2D eigenvalue weighted by molar-refractivity contribution is 8.00. The predicted molar refractivity (Wildman–Crippen MR) is 84.8 cm³/mol. The summed E-state index contributed by atoms with van der Waals surface area (Å²) < 4.78 is 0. The lowest BCUT2D eigenvalue weighted by atomic mass is 10.0. The number of nitrogens with zero attached hydrogens (tertiary/aromatic N) is 2. The molecule has 23 heavy (non-hydrogen) atoms. The number of benzene rings is 1. The molecule has 1 N–H and O–H groups in total. The fraction of sp³-hybridized carbons (Fsp3) is 0.375. The van der Waals surface area contributed by atoms with Gasteiger partial charge in [0, 0.05) is 10.9 Å². The number of fused-ring (bicyclic) bond motifs is 1. The number of anilines is 1. The van der Waals surface area contributed by atoms with Crippen LogP contribution in [0, 0.1) is 17.2 Å². The number of hydrogen-bond donors (Lipinski definition) is 1. The molecule has 0 aromatic heterocycles. The molecule has 1 aliphatic heterocycles. The molecule has 1 aromatic rings. The molecule has 2 amide bonds. The SMILES string of the molecule is N#C[C@@H](C(=O)CN1C(=O)CSc2ccccc21)C(=O)NC1CC1. The van der Waals surface area contributed by atoms with Crippen molar-refractivity contribution >= 4 is 35.0 Å². The normalized spacial score (nSPS) is 17.9. The van der Waals surface area contributed by atoms with E-state index in [1.165, 1.54) is 16.7 Å². The average Bonchev–Trinajstić information content (AvgIpc) is 3.35. The lowest BCUT2D eigenvalue weighted by Gasteiger charge is -2.28. The highest BCUT2D eigenvalue weighted by atomic mass is 32.2. The smallest absolute Gasteiger partial charge is 0.245 e. The van der Waals surface area contributed by atoms with Crippen LogP contribution in [0.3, 0.4) is 0 Å². The van der Waals surface area contributed by atoms with Gasteiger partial charge in [-0.15, -0.1) is 11.8 Å². The van der Waals surface area contributed by atoms with Crippen molar-refractivity contribution in [2.24, 2.45) is 5.92 Å². The zero-order chi connectivity index (χ0) is 16.4. The van der Waals surface area contributed by atoms with E-state index in [1.807, 2.05) is 12.1 Å². The molecule has 7 heteroatoms. The molecule has 0 unspecified atom stereocenters. The third kappa shape index (κ3) is 3.37. The van der Waals surface area contributed by atoms with Crippen LogP contribution in [0.5, 0.6) is 0 Å². The first-order valence-corrected chi connectivity index (χ1v) is 8.33. The number of thioether (sulfide) groups is 1. The van der Waals surface area contributed by atoms with E-state index >= 15 is 0 Å². The number of nitriles is 1. The molecule has 1 fully saturated rings. The fourth-order valence-electron chi connectivity index (χ4n) is 2.36. The molecule has 0 radical (unpaired) electrons. The number of rotatable bonds is 5. The third-order valence-corrected chi connectivity index (χ3v) is 4.81. The highest BCUT2D eigenvalue weighted by Crippen LogP contribution is 2.34. The van der Waals surface area contributed by atoms with Gasteiger partial charge in [-0.3, -0.25) is 14.4 Å². The van der Waals surface area contributed by atoms with Crippen molar-refractivity contribution in [3.63, 3.8) is 0 Å². The Morgan fingerprint density at radius 2 is 2.13 bits per heavy atom. The van der Waals surface area contributed by atoms with Crippen LogP contribution in [0.4, 0.5) is 5.69 Å². The van der Waals surface area contributed by atoms with E-state index in [1.54, 1.807) is 18.2 Å². The summed E-state index contributed by atoms with van der Waals surface area (Å²) in [7, 11) is 0. The third-order valence-electron chi connectivity index (χ3n) is 3.76. The molecule has 0 bridgehead atoms. The highest BCUT2D eigenvalue weighted by Gasteiger charge is 2.34. The molecular weight excluding hydrogens is 314 g/mol. The van der Waals surface area contributed by atoms with E-state index in [2.05, 4.69) is 5.32 Å². The molecular formula is C16H15N3O3S. The van der Waals surface area contributed by atoms with Crippen molar-refractivity contribution < 1.29 is 14.4 Å². The summed E-state index contributed by atoms with van der Waals surface area (Å²) in [6, 6.07) is 9.14. The molecule has 2 aliphatic rings. The second-order valence-corrected chi connectivity index (χ2v) is 6.56. The van der Waals surface area contributed by atoms with Gasteiger partial charge in [0.25, 0.3) is 0 Å². The lowest BCUT2D eigenvalue weighted by molar-refractivity contribution is -0.132. The minimum Gasteiger partial charge on any atom is -0.352 e. The van der Waals surface area contributed by atoms with Crippen molar-refractivity contribution in [1.29, 1.82) is 5.26 Å². The molecule has 0 saturated heterocycles. The van der Waals surface area contributed by atoms with Gasteiger partial charge >= 0.3 is 0 Å². The van der Waals surface area contributed by atoms with Gasteiger partial charge in [-0.05, 0) is 25.0 Å². The summed E-state index contributed by atoms with van der Waals surface area (Å²) in [5.74, 6) is -2.44. The lowest BCUT2D eigenvalue weighted by Crippen LogP contribution is -2.44. The van der Waals surface area contributed by atoms with Crippen LogP contribution >= 0.6 is 11.8 Å². The quantitative estimate of drug-likeness (QED) is 0.817. The number of hydrogen-bond acceptors (Lipinski definition) is 5. The van der Waals surface area contributed by atoms with Crippen molar-refractivity contribution in [1.82, 2.24) is 5.32 Å².